The van der Waals surface area contributed by atoms with Crippen LogP contribution in [0.15, 0.2) is 28.8 Å². The Hall–Kier alpha value is -1.85. The highest BCUT2D eigenvalue weighted by molar-refractivity contribution is 5.62. The lowest BCUT2D eigenvalue weighted by Crippen LogP contribution is -2.12. The van der Waals surface area contributed by atoms with Crippen LogP contribution in [-0.4, -0.2) is 21.5 Å². The number of aliphatic hydroxyl groups excluding tert-OH is 2. The Kier molecular flexibility index (Phi) is 4.45. The predicted octanol–water partition coefficient (Wildman–Crippen LogP) is 3.21. The highest BCUT2D eigenvalue weighted by Gasteiger charge is 2.19. The highest BCUT2D eigenvalue weighted by atomic mass is 16.5. The summed E-state index contributed by atoms with van der Waals surface area (Å²) in [6, 6.07) is 7.32. The van der Waals surface area contributed by atoms with E-state index < -0.39 is 6.10 Å². The molecule has 0 radical (unpaired) electrons. The number of hydrogen-bond donors (Lipinski definition) is 2. The van der Waals surface area contributed by atoms with Crippen molar-refractivity contribution in [1.82, 2.24) is 5.16 Å². The number of benzene rings is 1. The second-order valence-corrected chi connectivity index (χ2v) is 5.80. The molecule has 3 rings (SSSR count). The topological polar surface area (TPSA) is 75.7 Å². The molecule has 1 aromatic heterocycles. The van der Waals surface area contributed by atoms with Gasteiger partial charge in [-0.3, -0.25) is 0 Å². The maximum atomic E-state index is 9.52. The third-order valence-electron chi connectivity index (χ3n) is 4.07. The minimum absolute atomic E-state index is 0.0555. The molecule has 0 bridgehead atoms. The number of rotatable bonds is 5. The Balaban J connectivity index is 1.87. The molecule has 2 aromatic rings. The van der Waals surface area contributed by atoms with Crippen LogP contribution in [0.5, 0.6) is 5.75 Å². The van der Waals surface area contributed by atoms with Gasteiger partial charge in [0.2, 0.25) is 0 Å². The lowest BCUT2D eigenvalue weighted by atomic mass is 10.1. The molecule has 1 unspecified atom stereocenters. The SMILES string of the molecule is CC(O)c1cc(-c2ccc(CO)c(OC3CCCC3)c2)no1. The molecule has 5 heteroatoms. The first-order valence-corrected chi connectivity index (χ1v) is 7.73. The minimum atomic E-state index is -0.688. The molecule has 0 saturated heterocycles. The molecular formula is C17H21NO4. The summed E-state index contributed by atoms with van der Waals surface area (Å²) >= 11 is 0. The van der Waals surface area contributed by atoms with Crippen molar-refractivity contribution < 1.29 is 19.5 Å². The normalized spacial score (nSPS) is 16.9. The molecule has 1 fully saturated rings. The van der Waals surface area contributed by atoms with Gasteiger partial charge >= 0.3 is 0 Å². The lowest BCUT2D eigenvalue weighted by Gasteiger charge is -2.16. The average molecular weight is 303 g/mol. The molecule has 2 N–H and O–H groups in total. The molecule has 1 aromatic carbocycles. The Bertz CT molecular complexity index is 629. The zero-order valence-electron chi connectivity index (χ0n) is 12.7. The van der Waals surface area contributed by atoms with Gasteiger partial charge in [-0.15, -0.1) is 0 Å². The van der Waals surface area contributed by atoms with Crippen molar-refractivity contribution in [2.75, 3.05) is 0 Å². The molecule has 0 amide bonds. The molecule has 5 nitrogen and oxygen atoms in total. The number of nitrogens with zero attached hydrogens (tertiary/aromatic N) is 1. The second-order valence-electron chi connectivity index (χ2n) is 5.80. The summed E-state index contributed by atoms with van der Waals surface area (Å²) in [6.07, 6.45) is 4.05. The summed E-state index contributed by atoms with van der Waals surface area (Å²) in [7, 11) is 0. The van der Waals surface area contributed by atoms with Gasteiger partial charge in [-0.05, 0) is 38.7 Å². The van der Waals surface area contributed by atoms with Crippen LogP contribution >= 0.6 is 0 Å². The van der Waals surface area contributed by atoms with E-state index in [0.717, 1.165) is 24.0 Å². The molecular weight excluding hydrogens is 282 g/mol. The maximum Gasteiger partial charge on any atom is 0.165 e. The first-order valence-electron chi connectivity index (χ1n) is 7.73. The van der Waals surface area contributed by atoms with Crippen LogP contribution in [0.1, 0.15) is 50.0 Å². The Morgan fingerprint density at radius 2 is 2.09 bits per heavy atom. The van der Waals surface area contributed by atoms with E-state index in [0.29, 0.717) is 17.2 Å². The van der Waals surface area contributed by atoms with Gasteiger partial charge in [-0.25, -0.2) is 0 Å². The van der Waals surface area contributed by atoms with Gasteiger partial charge < -0.3 is 19.5 Å². The Morgan fingerprint density at radius 3 is 2.73 bits per heavy atom. The number of aliphatic hydroxyl groups is 2. The fourth-order valence-corrected chi connectivity index (χ4v) is 2.76. The van der Waals surface area contributed by atoms with E-state index in [1.54, 1.807) is 13.0 Å². The molecule has 1 saturated carbocycles. The van der Waals surface area contributed by atoms with Crippen LogP contribution < -0.4 is 4.74 Å². The third-order valence-corrected chi connectivity index (χ3v) is 4.07. The zero-order valence-corrected chi connectivity index (χ0v) is 12.7. The second kappa shape index (κ2) is 6.50. The quantitative estimate of drug-likeness (QED) is 0.887. The highest BCUT2D eigenvalue weighted by Crippen LogP contribution is 2.31. The minimum Gasteiger partial charge on any atom is -0.490 e. The maximum absolute atomic E-state index is 9.52. The van der Waals surface area contributed by atoms with Crippen LogP contribution in [0, 0.1) is 0 Å². The average Bonchev–Trinajstić information content (AvgIpc) is 3.18. The van der Waals surface area contributed by atoms with Crippen LogP contribution in [-0.2, 0) is 6.61 Å². The van der Waals surface area contributed by atoms with E-state index in [1.807, 2.05) is 18.2 Å². The van der Waals surface area contributed by atoms with Gasteiger partial charge in [0.05, 0.1) is 12.7 Å². The van der Waals surface area contributed by atoms with Crippen molar-refractivity contribution in [3.05, 3.63) is 35.6 Å². The standard InChI is InChI=1S/C17H21NO4/c1-11(20)16-9-15(18-22-16)12-6-7-13(10-19)17(8-12)21-14-4-2-3-5-14/h6-9,11,14,19-20H,2-5,10H2,1H3. The van der Waals surface area contributed by atoms with Crippen LogP contribution in [0.25, 0.3) is 11.3 Å². The Morgan fingerprint density at radius 1 is 1.32 bits per heavy atom. The molecule has 0 aliphatic heterocycles. The number of ether oxygens (including phenoxy) is 1. The van der Waals surface area contributed by atoms with Crippen LogP contribution in [0.3, 0.4) is 0 Å². The van der Waals surface area contributed by atoms with Crippen molar-refractivity contribution in [2.24, 2.45) is 0 Å². The van der Waals surface area contributed by atoms with Gasteiger partial charge in [-0.1, -0.05) is 17.3 Å². The van der Waals surface area contributed by atoms with Gasteiger partial charge in [0.1, 0.15) is 17.5 Å². The van der Waals surface area contributed by atoms with Crippen molar-refractivity contribution >= 4 is 0 Å². The van der Waals surface area contributed by atoms with Gasteiger partial charge in [-0.2, -0.15) is 0 Å². The zero-order chi connectivity index (χ0) is 15.5. The van der Waals surface area contributed by atoms with E-state index in [9.17, 15) is 10.2 Å². The Labute approximate surface area is 129 Å². The molecule has 118 valence electrons. The van der Waals surface area contributed by atoms with Gasteiger partial charge in [0.25, 0.3) is 0 Å². The van der Waals surface area contributed by atoms with Crippen molar-refractivity contribution in [1.29, 1.82) is 0 Å². The molecule has 1 aliphatic rings. The summed E-state index contributed by atoms with van der Waals surface area (Å²) in [5, 5.41) is 23.0. The fourth-order valence-electron chi connectivity index (χ4n) is 2.76. The lowest BCUT2D eigenvalue weighted by molar-refractivity contribution is 0.158. The first kappa shape index (κ1) is 15.1. The van der Waals surface area contributed by atoms with Crippen molar-refractivity contribution in [3.8, 4) is 17.0 Å². The summed E-state index contributed by atoms with van der Waals surface area (Å²) in [5.74, 6) is 1.13. The van der Waals surface area contributed by atoms with Crippen molar-refractivity contribution in [2.45, 2.75) is 51.4 Å². The summed E-state index contributed by atoms with van der Waals surface area (Å²) in [4.78, 5) is 0. The molecule has 1 heterocycles. The molecule has 0 spiro atoms. The van der Waals surface area contributed by atoms with E-state index in [4.69, 9.17) is 9.26 Å². The summed E-state index contributed by atoms with van der Waals surface area (Å²) < 4.78 is 11.2. The smallest absolute Gasteiger partial charge is 0.165 e. The third kappa shape index (κ3) is 3.15. The molecule has 1 aliphatic carbocycles. The van der Waals surface area contributed by atoms with Crippen LogP contribution in [0.4, 0.5) is 0 Å². The van der Waals surface area contributed by atoms with Crippen LogP contribution in [0.2, 0.25) is 0 Å². The summed E-state index contributed by atoms with van der Waals surface area (Å²) in [5.41, 5.74) is 2.27. The van der Waals surface area contributed by atoms with E-state index in [2.05, 4.69) is 5.16 Å². The number of hydrogen-bond acceptors (Lipinski definition) is 5. The number of aromatic nitrogens is 1. The van der Waals surface area contributed by atoms with E-state index in [-0.39, 0.29) is 12.7 Å². The largest absolute Gasteiger partial charge is 0.490 e. The summed E-state index contributed by atoms with van der Waals surface area (Å²) in [6.45, 7) is 1.58. The molecule has 1 atom stereocenters. The predicted molar refractivity (Wildman–Crippen MR) is 81.4 cm³/mol. The molecule has 22 heavy (non-hydrogen) atoms. The van der Waals surface area contributed by atoms with E-state index >= 15 is 0 Å². The monoisotopic (exact) mass is 303 g/mol. The van der Waals surface area contributed by atoms with Crippen molar-refractivity contribution in [3.63, 3.8) is 0 Å². The fraction of sp³-hybridized carbons (Fsp3) is 0.471. The van der Waals surface area contributed by atoms with Gasteiger partial charge in [0, 0.05) is 17.2 Å². The van der Waals surface area contributed by atoms with Gasteiger partial charge in [0.15, 0.2) is 5.76 Å². The first-order chi connectivity index (χ1) is 10.7. The van der Waals surface area contributed by atoms with E-state index in [1.165, 1.54) is 12.8 Å².